The quantitative estimate of drug-likeness (QED) is 0.347. The van der Waals surface area contributed by atoms with Gasteiger partial charge in [-0.3, -0.25) is 4.79 Å². The van der Waals surface area contributed by atoms with E-state index in [0.717, 1.165) is 28.1 Å². The van der Waals surface area contributed by atoms with Gasteiger partial charge in [0, 0.05) is 17.8 Å². The van der Waals surface area contributed by atoms with Crippen molar-refractivity contribution < 1.29 is 17.6 Å². The summed E-state index contributed by atoms with van der Waals surface area (Å²) in [6.07, 6.45) is 4.70. The second kappa shape index (κ2) is 9.13. The maximum absolute atomic E-state index is 13.8. The lowest BCUT2D eigenvalue weighted by Crippen LogP contribution is -2.54. The number of rotatable bonds is 5. The lowest BCUT2D eigenvalue weighted by Gasteiger charge is -2.42. The molecule has 2 aliphatic rings. The van der Waals surface area contributed by atoms with E-state index in [1.807, 2.05) is 13.0 Å². The van der Waals surface area contributed by atoms with Crippen LogP contribution in [0.15, 0.2) is 76.1 Å². The molecular formula is C27H23FN4O3S2. The number of nitrogens with zero attached hydrogens (tertiary/aromatic N) is 4. The van der Waals surface area contributed by atoms with Gasteiger partial charge in [0.05, 0.1) is 34.0 Å². The number of Topliss-reactive ketones (excluding diaryl/α,β-unsaturated/α-hetero) is 1. The van der Waals surface area contributed by atoms with Gasteiger partial charge in [0.15, 0.2) is 0 Å². The fourth-order valence-electron chi connectivity index (χ4n) is 5.21. The van der Waals surface area contributed by atoms with Crippen molar-refractivity contribution in [2.75, 3.05) is 6.54 Å². The average molecular weight is 535 g/mol. The number of thiazole rings is 1. The predicted octanol–water partition coefficient (Wildman–Crippen LogP) is 4.68. The van der Waals surface area contributed by atoms with Crippen LogP contribution in [0.4, 0.5) is 4.39 Å². The third-order valence-corrected chi connectivity index (χ3v) is 9.57. The Morgan fingerprint density at radius 2 is 1.86 bits per heavy atom. The second-order valence-electron chi connectivity index (χ2n) is 9.33. The molecule has 0 saturated carbocycles. The molecule has 4 aromatic rings. The summed E-state index contributed by atoms with van der Waals surface area (Å²) in [4.78, 5) is 18.2. The van der Waals surface area contributed by atoms with Crippen LogP contribution in [0.25, 0.3) is 11.8 Å². The molecule has 10 heteroatoms. The van der Waals surface area contributed by atoms with E-state index in [9.17, 15) is 17.6 Å². The van der Waals surface area contributed by atoms with Crippen molar-refractivity contribution in [3.05, 3.63) is 99.5 Å². The second-order valence-corrected chi connectivity index (χ2v) is 11.9. The number of sulfonamides is 1. The predicted molar refractivity (Wildman–Crippen MR) is 139 cm³/mol. The molecule has 1 fully saturated rings. The lowest BCUT2D eigenvalue weighted by molar-refractivity contribution is 0.0822. The minimum Gasteiger partial charge on any atom is -0.291 e. The van der Waals surface area contributed by atoms with Gasteiger partial charge in [-0.05, 0) is 67.8 Å². The van der Waals surface area contributed by atoms with Crippen LogP contribution in [0.2, 0.25) is 0 Å². The van der Waals surface area contributed by atoms with E-state index in [1.165, 1.54) is 27.8 Å². The molecule has 3 heterocycles. The number of fused-ring (bicyclic) bond motifs is 2. The van der Waals surface area contributed by atoms with Crippen LogP contribution in [0.3, 0.4) is 0 Å². The number of piperidine rings is 1. The Bertz CT molecular complexity index is 1610. The number of ketones is 1. The van der Waals surface area contributed by atoms with Crippen LogP contribution >= 0.6 is 11.3 Å². The number of hydrogen-bond acceptors (Lipinski definition) is 6. The highest BCUT2D eigenvalue weighted by Gasteiger charge is 2.47. The largest absolute Gasteiger partial charge is 0.291 e. The Morgan fingerprint density at radius 3 is 2.57 bits per heavy atom. The van der Waals surface area contributed by atoms with E-state index in [2.05, 4.69) is 10.1 Å². The smallest absolute Gasteiger partial charge is 0.243 e. The Morgan fingerprint density at radius 1 is 1.11 bits per heavy atom. The zero-order valence-electron chi connectivity index (χ0n) is 19.9. The van der Waals surface area contributed by atoms with E-state index >= 15 is 0 Å². The van der Waals surface area contributed by atoms with Crippen LogP contribution < -0.4 is 0 Å². The third kappa shape index (κ3) is 4.14. The Hall–Kier alpha value is -3.47. The van der Waals surface area contributed by atoms with Crippen molar-refractivity contribution in [1.82, 2.24) is 19.1 Å². The van der Waals surface area contributed by atoms with Gasteiger partial charge in [-0.2, -0.15) is 9.40 Å². The first-order chi connectivity index (χ1) is 17.8. The molecule has 0 N–H and O–H groups in total. The van der Waals surface area contributed by atoms with Crippen LogP contribution in [0.5, 0.6) is 0 Å². The number of carbonyl (C=O) groups excluding carboxylic acids is 1. The first kappa shape index (κ1) is 23.9. The number of halogens is 1. The van der Waals surface area contributed by atoms with Gasteiger partial charge in [-0.1, -0.05) is 23.3 Å². The van der Waals surface area contributed by atoms with Gasteiger partial charge in [0.25, 0.3) is 0 Å². The summed E-state index contributed by atoms with van der Waals surface area (Å²) < 4.78 is 44.2. The molecule has 2 aromatic carbocycles. The van der Waals surface area contributed by atoms with E-state index in [0.29, 0.717) is 12.8 Å². The van der Waals surface area contributed by atoms with Gasteiger partial charge in [0.2, 0.25) is 15.8 Å². The maximum atomic E-state index is 13.8. The van der Waals surface area contributed by atoms with E-state index < -0.39 is 16.1 Å². The zero-order valence-corrected chi connectivity index (χ0v) is 21.5. The molecule has 0 amide bonds. The topological polar surface area (TPSA) is 85.2 Å². The van der Waals surface area contributed by atoms with Crippen molar-refractivity contribution in [3.63, 3.8) is 0 Å². The first-order valence-electron chi connectivity index (χ1n) is 11.9. The summed E-state index contributed by atoms with van der Waals surface area (Å²) in [5.74, 6) is -0.975. The standard InChI is InChI=1S/C27H23FN4O3S2/c1-17-2-8-22(9-3-17)37(34,35)31-11-10-18-13-25-19(14-30-32(25)21-6-4-20(28)5-7-21)12-23(18)26(31)27(33)24-15-36-16-29-24/h2-9,13-16,23,26H,10-12H2,1H3/t23?,26-/m0/s1. The molecule has 1 saturated heterocycles. The molecule has 2 atom stereocenters. The maximum Gasteiger partial charge on any atom is 0.243 e. The normalized spacial score (nSPS) is 19.7. The number of aromatic nitrogens is 3. The number of aryl methyl sites for hydroxylation is 1. The molecule has 0 bridgehead atoms. The molecule has 1 aliphatic carbocycles. The van der Waals surface area contributed by atoms with Gasteiger partial charge in [-0.15, -0.1) is 11.3 Å². The van der Waals surface area contributed by atoms with Crippen molar-refractivity contribution in [2.45, 2.75) is 30.7 Å². The zero-order chi connectivity index (χ0) is 25.7. The van der Waals surface area contributed by atoms with Crippen LogP contribution in [0, 0.1) is 18.7 Å². The molecule has 0 radical (unpaired) electrons. The minimum atomic E-state index is -3.93. The lowest BCUT2D eigenvalue weighted by atomic mass is 9.76. The minimum absolute atomic E-state index is 0.169. The SMILES string of the molecule is Cc1ccc(S(=O)(=O)N2CCC3=Cc4c(cnn4-c4ccc(F)cc4)CC3[C@H]2C(=O)c2cscn2)cc1. The molecule has 37 heavy (non-hydrogen) atoms. The molecular weight excluding hydrogens is 511 g/mol. The van der Waals surface area contributed by atoms with Gasteiger partial charge >= 0.3 is 0 Å². The molecule has 2 aromatic heterocycles. The van der Waals surface area contributed by atoms with Gasteiger partial charge < -0.3 is 0 Å². The summed E-state index contributed by atoms with van der Waals surface area (Å²) >= 11 is 1.30. The molecule has 1 unspecified atom stereocenters. The summed E-state index contributed by atoms with van der Waals surface area (Å²) in [5.41, 5.74) is 6.31. The van der Waals surface area contributed by atoms with Gasteiger partial charge in [-0.25, -0.2) is 22.5 Å². The number of benzene rings is 2. The third-order valence-electron chi connectivity index (χ3n) is 7.09. The summed E-state index contributed by atoms with van der Waals surface area (Å²) in [6.45, 7) is 2.08. The van der Waals surface area contributed by atoms with Crippen LogP contribution in [-0.4, -0.2) is 45.9 Å². The molecule has 7 nitrogen and oxygen atoms in total. The van der Waals surface area contributed by atoms with Crippen LogP contribution in [0.1, 0.15) is 33.7 Å². The molecule has 6 rings (SSSR count). The van der Waals surface area contributed by atoms with Crippen molar-refractivity contribution in [1.29, 1.82) is 0 Å². The highest BCUT2D eigenvalue weighted by molar-refractivity contribution is 7.89. The van der Waals surface area contributed by atoms with E-state index in [-0.39, 0.29) is 34.7 Å². The fourth-order valence-corrected chi connectivity index (χ4v) is 7.37. The Balaban J connectivity index is 1.42. The molecule has 0 spiro atoms. The van der Waals surface area contributed by atoms with Crippen molar-refractivity contribution in [2.24, 2.45) is 5.92 Å². The Kier molecular flexibility index (Phi) is 5.89. The average Bonchev–Trinajstić information content (AvgIpc) is 3.57. The highest BCUT2D eigenvalue weighted by Crippen LogP contribution is 2.41. The first-order valence-corrected chi connectivity index (χ1v) is 14.3. The molecule has 1 aliphatic heterocycles. The van der Waals surface area contributed by atoms with E-state index in [1.54, 1.807) is 58.2 Å². The van der Waals surface area contributed by atoms with E-state index in [4.69, 9.17) is 0 Å². The number of carbonyl (C=O) groups is 1. The molecule has 188 valence electrons. The van der Waals surface area contributed by atoms with Crippen molar-refractivity contribution >= 4 is 33.2 Å². The summed E-state index contributed by atoms with van der Waals surface area (Å²) in [7, 11) is -3.93. The van der Waals surface area contributed by atoms with Crippen LogP contribution in [-0.2, 0) is 16.4 Å². The monoisotopic (exact) mass is 534 g/mol. The summed E-state index contributed by atoms with van der Waals surface area (Å²) in [5, 5.41) is 6.19. The number of hydrogen-bond donors (Lipinski definition) is 0. The summed E-state index contributed by atoms with van der Waals surface area (Å²) in [6, 6.07) is 11.9. The fraction of sp³-hybridized carbons (Fsp3) is 0.222. The van der Waals surface area contributed by atoms with Gasteiger partial charge in [0.1, 0.15) is 11.5 Å². The highest BCUT2D eigenvalue weighted by atomic mass is 32.2. The van der Waals surface area contributed by atoms with Crippen molar-refractivity contribution in [3.8, 4) is 5.69 Å². The Labute approximate surface area is 218 Å².